The third kappa shape index (κ3) is 12.7. The van der Waals surface area contributed by atoms with E-state index in [0.717, 1.165) is 71.7 Å². The van der Waals surface area contributed by atoms with E-state index in [2.05, 4.69) is 36.8 Å². The summed E-state index contributed by atoms with van der Waals surface area (Å²) in [6.07, 6.45) is 5.50. The summed E-state index contributed by atoms with van der Waals surface area (Å²) in [5.41, 5.74) is 6.01. The van der Waals surface area contributed by atoms with Crippen molar-refractivity contribution < 1.29 is 28.6 Å². The van der Waals surface area contributed by atoms with Gasteiger partial charge < -0.3 is 14.2 Å². The summed E-state index contributed by atoms with van der Waals surface area (Å²) in [4.78, 5) is 37.3. The highest BCUT2D eigenvalue weighted by atomic mass is 32.2. The topological polar surface area (TPSA) is 78.9 Å². The molecule has 0 aromatic heterocycles. The molecule has 274 valence electrons. The number of benzene rings is 5. The van der Waals surface area contributed by atoms with Crippen molar-refractivity contribution in [1.82, 2.24) is 0 Å². The Kier molecular flexibility index (Phi) is 14.8. The van der Waals surface area contributed by atoms with Crippen molar-refractivity contribution in [2.45, 2.75) is 23.6 Å². The Hall–Kier alpha value is -6.19. The third-order valence-corrected chi connectivity index (χ3v) is 9.83. The van der Waals surface area contributed by atoms with Crippen LogP contribution >= 0.6 is 23.5 Å². The summed E-state index contributed by atoms with van der Waals surface area (Å²) in [6, 6.07) is 31.7. The van der Waals surface area contributed by atoms with Gasteiger partial charge >= 0.3 is 17.9 Å². The largest absolute Gasteiger partial charge is 0.462 e. The molecule has 0 radical (unpaired) electrons. The van der Waals surface area contributed by atoms with Crippen molar-refractivity contribution >= 4 is 58.3 Å². The van der Waals surface area contributed by atoms with Crippen LogP contribution in [0.1, 0.15) is 38.9 Å². The van der Waals surface area contributed by atoms with Crippen LogP contribution in [0.15, 0.2) is 138 Å². The monoisotopic (exact) mass is 762 g/mol. The lowest BCUT2D eigenvalue weighted by atomic mass is 10.0. The van der Waals surface area contributed by atoms with Crippen molar-refractivity contribution in [3.63, 3.8) is 0 Å². The second kappa shape index (κ2) is 20.3. The summed E-state index contributed by atoms with van der Waals surface area (Å²) in [6.45, 7) is 11.2. The van der Waals surface area contributed by atoms with Crippen molar-refractivity contribution in [2.75, 3.05) is 24.7 Å². The van der Waals surface area contributed by atoms with Crippen LogP contribution in [0.3, 0.4) is 0 Å². The Morgan fingerprint density at radius 1 is 0.582 bits per heavy atom. The van der Waals surface area contributed by atoms with Gasteiger partial charge in [0, 0.05) is 61.8 Å². The van der Waals surface area contributed by atoms with Crippen LogP contribution in [0.5, 0.6) is 5.75 Å². The first-order valence-electron chi connectivity index (χ1n) is 17.3. The molecule has 0 aliphatic rings. The molecule has 0 heterocycles. The predicted molar refractivity (Wildman–Crippen MR) is 223 cm³/mol. The van der Waals surface area contributed by atoms with E-state index in [9.17, 15) is 14.4 Å². The number of hydrogen-bond donors (Lipinski definition) is 0. The maximum Gasteiger partial charge on any atom is 0.336 e. The Balaban J connectivity index is 1.13. The maximum absolute atomic E-state index is 12.8. The SMILES string of the molecule is C=CC(=O)OCCSc1ccc(C#Cc2cc(C)c(OC(=O)/C=C/c3ccc4cc(C#Cc5ccc(SCCOC(=O)C=C)cc5)ccc4c3)c(C)c2)cc1. The number of thioether (sulfide) groups is 2. The van der Waals surface area contributed by atoms with E-state index in [4.69, 9.17) is 14.2 Å². The average molecular weight is 763 g/mol. The van der Waals surface area contributed by atoms with Crippen LogP contribution in [0, 0.1) is 37.5 Å². The minimum Gasteiger partial charge on any atom is -0.462 e. The van der Waals surface area contributed by atoms with Crippen molar-refractivity contribution in [3.05, 3.63) is 167 Å². The van der Waals surface area contributed by atoms with Crippen LogP contribution in [-0.4, -0.2) is 42.6 Å². The number of ether oxygens (including phenoxy) is 3. The van der Waals surface area contributed by atoms with Crippen LogP contribution in [0.25, 0.3) is 16.8 Å². The van der Waals surface area contributed by atoms with Crippen molar-refractivity contribution in [3.8, 4) is 29.4 Å². The number of fused-ring (bicyclic) bond motifs is 1. The van der Waals surface area contributed by atoms with Gasteiger partial charge in [0.25, 0.3) is 0 Å². The second-order valence-electron chi connectivity index (χ2n) is 12.0. The summed E-state index contributed by atoms with van der Waals surface area (Å²) in [5.74, 6) is 13.4. The number of carbonyl (C=O) groups excluding carboxylic acids is 3. The highest BCUT2D eigenvalue weighted by molar-refractivity contribution is 7.99. The molecule has 0 saturated carbocycles. The zero-order valence-electron chi connectivity index (χ0n) is 30.6. The lowest BCUT2D eigenvalue weighted by molar-refractivity contribution is -0.138. The third-order valence-electron chi connectivity index (χ3n) is 7.88. The van der Waals surface area contributed by atoms with Crippen LogP contribution in [0.4, 0.5) is 0 Å². The molecule has 5 aromatic carbocycles. The van der Waals surface area contributed by atoms with E-state index >= 15 is 0 Å². The molecule has 0 aliphatic heterocycles. The first kappa shape index (κ1) is 40.0. The van der Waals surface area contributed by atoms with Gasteiger partial charge in [-0.1, -0.05) is 55.0 Å². The minimum atomic E-state index is -0.465. The van der Waals surface area contributed by atoms with Gasteiger partial charge in [0.05, 0.1) is 0 Å². The van der Waals surface area contributed by atoms with Gasteiger partial charge in [-0.15, -0.1) is 23.5 Å². The summed E-state index contributed by atoms with van der Waals surface area (Å²) >= 11 is 3.20. The van der Waals surface area contributed by atoms with Gasteiger partial charge in [-0.3, -0.25) is 0 Å². The highest BCUT2D eigenvalue weighted by Gasteiger charge is 2.10. The average Bonchev–Trinajstić information content (AvgIpc) is 3.20. The van der Waals surface area contributed by atoms with E-state index in [0.29, 0.717) is 30.5 Å². The molecule has 0 saturated heterocycles. The van der Waals surface area contributed by atoms with E-state index in [1.807, 2.05) is 111 Å². The van der Waals surface area contributed by atoms with Crippen LogP contribution in [-0.2, 0) is 23.9 Å². The highest BCUT2D eigenvalue weighted by Crippen LogP contribution is 2.26. The molecule has 5 rings (SSSR count). The van der Waals surface area contributed by atoms with Gasteiger partial charge in [-0.05, 0) is 126 Å². The fraction of sp³-hybridized carbons (Fsp3) is 0.128. The van der Waals surface area contributed by atoms with Crippen molar-refractivity contribution in [2.24, 2.45) is 0 Å². The zero-order valence-corrected chi connectivity index (χ0v) is 32.2. The summed E-state index contributed by atoms with van der Waals surface area (Å²) in [5, 5.41) is 2.07. The van der Waals surface area contributed by atoms with Gasteiger partial charge in [0.1, 0.15) is 19.0 Å². The van der Waals surface area contributed by atoms with E-state index in [1.165, 1.54) is 6.08 Å². The molecular weight excluding hydrogens is 725 g/mol. The number of carbonyl (C=O) groups is 3. The normalized spacial score (nSPS) is 10.4. The molecular formula is C47H38O6S2. The number of aryl methyl sites for hydroxylation is 2. The molecule has 6 nitrogen and oxygen atoms in total. The number of hydrogen-bond acceptors (Lipinski definition) is 8. The van der Waals surface area contributed by atoms with Gasteiger partial charge in [-0.25, -0.2) is 14.4 Å². The Morgan fingerprint density at radius 2 is 1.05 bits per heavy atom. The van der Waals surface area contributed by atoms with Gasteiger partial charge in [0.15, 0.2) is 0 Å². The summed E-state index contributed by atoms with van der Waals surface area (Å²) < 4.78 is 15.8. The van der Waals surface area contributed by atoms with Gasteiger partial charge in [0.2, 0.25) is 0 Å². The Bertz CT molecular complexity index is 2350. The molecule has 5 aromatic rings. The molecule has 55 heavy (non-hydrogen) atoms. The number of esters is 3. The van der Waals surface area contributed by atoms with Crippen LogP contribution in [0.2, 0.25) is 0 Å². The first-order valence-corrected chi connectivity index (χ1v) is 19.3. The Morgan fingerprint density at radius 3 is 1.60 bits per heavy atom. The molecule has 0 N–H and O–H groups in total. The maximum atomic E-state index is 12.8. The molecule has 0 bridgehead atoms. The molecule has 0 spiro atoms. The molecule has 0 unspecified atom stereocenters. The zero-order chi connectivity index (χ0) is 39.0. The fourth-order valence-electron chi connectivity index (χ4n) is 5.21. The molecule has 8 heteroatoms. The Labute approximate surface area is 330 Å². The van der Waals surface area contributed by atoms with E-state index in [1.54, 1.807) is 29.6 Å². The lowest BCUT2D eigenvalue weighted by Gasteiger charge is -2.10. The standard InChI is InChI=1S/C47H38O6S2/c1-5-44(48)51-25-27-54-42-20-13-35(14-21-42)7-9-37-11-18-41-32-38(12-19-40(41)31-37)17-24-46(50)53-47-33(3)29-39(30-34(47)4)10-8-36-15-22-43(23-16-36)55-28-26-52-45(49)6-2/h5-6,11-24,29-32H,1-2,25-28H2,3-4H3/b24-17+. The lowest BCUT2D eigenvalue weighted by Crippen LogP contribution is -2.06. The molecule has 0 aliphatic carbocycles. The number of rotatable bonds is 13. The molecule has 0 fully saturated rings. The van der Waals surface area contributed by atoms with Gasteiger partial charge in [-0.2, -0.15) is 0 Å². The fourth-order valence-corrected chi connectivity index (χ4v) is 6.67. The van der Waals surface area contributed by atoms with E-state index < -0.39 is 17.9 Å². The molecule has 0 amide bonds. The minimum absolute atomic E-state index is 0.321. The van der Waals surface area contributed by atoms with Crippen LogP contribution < -0.4 is 4.74 Å². The smallest absolute Gasteiger partial charge is 0.336 e. The quantitative estimate of drug-likeness (QED) is 0.0293. The predicted octanol–water partition coefficient (Wildman–Crippen LogP) is 9.52. The van der Waals surface area contributed by atoms with Crippen molar-refractivity contribution in [1.29, 1.82) is 0 Å². The second-order valence-corrected chi connectivity index (χ2v) is 14.3. The first-order chi connectivity index (χ1) is 26.7. The molecule has 0 atom stereocenters. The van der Waals surface area contributed by atoms with E-state index in [-0.39, 0.29) is 0 Å². The summed E-state index contributed by atoms with van der Waals surface area (Å²) in [7, 11) is 0.